The summed E-state index contributed by atoms with van der Waals surface area (Å²) in [6, 6.07) is 3.06. The Morgan fingerprint density at radius 1 is 1.50 bits per heavy atom. The molecule has 0 radical (unpaired) electrons. The summed E-state index contributed by atoms with van der Waals surface area (Å²) in [6.07, 6.45) is -4.34. The van der Waals surface area contributed by atoms with E-state index in [1.165, 1.54) is 18.0 Å². The number of pyridine rings is 1. The monoisotopic (exact) mass is 289 g/mol. The standard InChI is InChI=1S/C12H14F3N3O2/c1-18(6-7-3-2-4-10(19)16-7)11(20)17-9-5-8(9)12(13,14)15/h2-4,8-9H,5-6H2,1H3,(H,16,19)(H,17,20)/t8-,9-/m1/s1. The van der Waals surface area contributed by atoms with Crippen molar-refractivity contribution in [1.29, 1.82) is 0 Å². The zero-order chi connectivity index (χ0) is 14.9. The average molecular weight is 289 g/mol. The minimum atomic E-state index is -4.26. The van der Waals surface area contributed by atoms with E-state index in [2.05, 4.69) is 10.3 Å². The topological polar surface area (TPSA) is 65.2 Å². The van der Waals surface area contributed by atoms with Crippen molar-refractivity contribution in [3.8, 4) is 0 Å². The van der Waals surface area contributed by atoms with Gasteiger partial charge in [0.05, 0.1) is 12.5 Å². The molecule has 2 atom stereocenters. The van der Waals surface area contributed by atoms with Crippen LogP contribution in [0.4, 0.5) is 18.0 Å². The van der Waals surface area contributed by atoms with Crippen molar-refractivity contribution in [2.75, 3.05) is 7.05 Å². The summed E-state index contributed by atoms with van der Waals surface area (Å²) in [4.78, 5) is 26.6. The van der Waals surface area contributed by atoms with Crippen LogP contribution in [0.3, 0.4) is 0 Å². The minimum absolute atomic E-state index is 0.0781. The van der Waals surface area contributed by atoms with Crippen LogP contribution in [0.15, 0.2) is 23.0 Å². The van der Waals surface area contributed by atoms with E-state index in [-0.39, 0.29) is 18.5 Å². The van der Waals surface area contributed by atoms with Gasteiger partial charge >= 0.3 is 12.2 Å². The smallest absolute Gasteiger partial charge is 0.335 e. The van der Waals surface area contributed by atoms with Crippen molar-refractivity contribution in [2.45, 2.75) is 25.2 Å². The SMILES string of the molecule is CN(Cc1cccc(=O)[nH]1)C(=O)N[C@@H]1C[C@H]1C(F)(F)F. The van der Waals surface area contributed by atoms with Crippen LogP contribution in [0.25, 0.3) is 0 Å². The number of alkyl halides is 3. The van der Waals surface area contributed by atoms with Gasteiger partial charge in [-0.25, -0.2) is 4.79 Å². The molecule has 2 N–H and O–H groups in total. The highest BCUT2D eigenvalue weighted by molar-refractivity contribution is 5.74. The minimum Gasteiger partial charge on any atom is -0.335 e. The van der Waals surface area contributed by atoms with Crippen molar-refractivity contribution in [3.05, 3.63) is 34.2 Å². The molecule has 1 heterocycles. The lowest BCUT2D eigenvalue weighted by Crippen LogP contribution is -2.39. The van der Waals surface area contributed by atoms with Gasteiger partial charge in [-0.15, -0.1) is 0 Å². The highest BCUT2D eigenvalue weighted by atomic mass is 19.4. The van der Waals surface area contributed by atoms with Crippen LogP contribution in [0.1, 0.15) is 12.1 Å². The number of aromatic amines is 1. The number of nitrogens with one attached hydrogen (secondary N) is 2. The van der Waals surface area contributed by atoms with Crippen molar-refractivity contribution in [3.63, 3.8) is 0 Å². The maximum absolute atomic E-state index is 12.3. The quantitative estimate of drug-likeness (QED) is 0.885. The molecule has 0 bridgehead atoms. The summed E-state index contributed by atoms with van der Waals surface area (Å²) in [5.74, 6) is -1.45. The number of carbonyl (C=O) groups excluding carboxylic acids is 1. The molecule has 110 valence electrons. The van der Waals surface area contributed by atoms with Gasteiger partial charge in [0.15, 0.2) is 0 Å². The van der Waals surface area contributed by atoms with Crippen molar-refractivity contribution in [1.82, 2.24) is 15.2 Å². The van der Waals surface area contributed by atoms with Gasteiger partial charge in [-0.2, -0.15) is 13.2 Å². The van der Waals surface area contributed by atoms with Gasteiger partial charge in [-0.3, -0.25) is 4.79 Å². The molecule has 20 heavy (non-hydrogen) atoms. The predicted molar refractivity (Wildman–Crippen MR) is 65.0 cm³/mol. The molecule has 1 saturated carbocycles. The second kappa shape index (κ2) is 5.18. The third-order valence-electron chi connectivity index (χ3n) is 3.10. The van der Waals surface area contributed by atoms with E-state index in [1.54, 1.807) is 12.1 Å². The molecule has 1 aromatic heterocycles. The zero-order valence-electron chi connectivity index (χ0n) is 10.7. The van der Waals surface area contributed by atoms with Gasteiger partial charge in [0.1, 0.15) is 0 Å². The summed E-state index contributed by atoms with van der Waals surface area (Å²) in [5.41, 5.74) is 0.217. The zero-order valence-corrected chi connectivity index (χ0v) is 10.7. The molecule has 5 nitrogen and oxygen atoms in total. The third-order valence-corrected chi connectivity index (χ3v) is 3.10. The second-order valence-corrected chi connectivity index (χ2v) is 4.84. The fourth-order valence-electron chi connectivity index (χ4n) is 1.90. The molecule has 0 aliphatic heterocycles. The van der Waals surface area contributed by atoms with E-state index >= 15 is 0 Å². The highest BCUT2D eigenvalue weighted by Gasteiger charge is 2.56. The van der Waals surface area contributed by atoms with Crippen LogP contribution in [0.2, 0.25) is 0 Å². The second-order valence-electron chi connectivity index (χ2n) is 4.84. The van der Waals surface area contributed by atoms with Crippen molar-refractivity contribution >= 4 is 6.03 Å². The van der Waals surface area contributed by atoms with Crippen LogP contribution >= 0.6 is 0 Å². The number of halogens is 3. The predicted octanol–water partition coefficient (Wildman–Crippen LogP) is 1.47. The first-order valence-corrected chi connectivity index (χ1v) is 6.04. The number of hydrogen-bond donors (Lipinski definition) is 2. The van der Waals surface area contributed by atoms with Crippen molar-refractivity contribution < 1.29 is 18.0 Å². The summed E-state index contributed by atoms with van der Waals surface area (Å²) in [6.45, 7) is 0.116. The number of nitrogens with zero attached hydrogens (tertiary/aromatic N) is 1. The number of amides is 2. The number of carbonyl (C=O) groups is 1. The Bertz CT molecular complexity index is 555. The van der Waals surface area contributed by atoms with Crippen LogP contribution in [0.5, 0.6) is 0 Å². The van der Waals surface area contributed by atoms with Gasteiger partial charge < -0.3 is 15.2 Å². The van der Waals surface area contributed by atoms with E-state index in [1.807, 2.05) is 0 Å². The Labute approximate surface area is 112 Å². The maximum Gasteiger partial charge on any atom is 0.393 e. The fraction of sp³-hybridized carbons (Fsp3) is 0.500. The first kappa shape index (κ1) is 14.4. The Hall–Kier alpha value is -1.99. The van der Waals surface area contributed by atoms with Crippen LogP contribution in [-0.2, 0) is 6.54 Å². The van der Waals surface area contributed by atoms with E-state index in [9.17, 15) is 22.8 Å². The Morgan fingerprint density at radius 2 is 2.20 bits per heavy atom. The van der Waals surface area contributed by atoms with Gasteiger partial charge in [0, 0.05) is 24.8 Å². The van der Waals surface area contributed by atoms with E-state index < -0.39 is 24.2 Å². The molecule has 0 aromatic carbocycles. The lowest BCUT2D eigenvalue weighted by molar-refractivity contribution is -0.148. The van der Waals surface area contributed by atoms with Crippen molar-refractivity contribution in [2.24, 2.45) is 5.92 Å². The summed E-state index contributed by atoms with van der Waals surface area (Å²) >= 11 is 0. The summed E-state index contributed by atoms with van der Waals surface area (Å²) in [5, 5.41) is 2.32. The van der Waals surface area contributed by atoms with Gasteiger partial charge in [-0.1, -0.05) is 6.07 Å². The molecule has 1 aliphatic carbocycles. The molecule has 0 unspecified atom stereocenters. The van der Waals surface area contributed by atoms with Crippen LogP contribution in [-0.4, -0.2) is 35.2 Å². The molecule has 1 fully saturated rings. The summed E-state index contributed by atoms with van der Waals surface area (Å²) in [7, 11) is 1.45. The van der Waals surface area contributed by atoms with Gasteiger partial charge in [0.25, 0.3) is 0 Å². The largest absolute Gasteiger partial charge is 0.393 e. The highest BCUT2D eigenvalue weighted by Crippen LogP contribution is 2.44. The van der Waals surface area contributed by atoms with Gasteiger partial charge in [0.2, 0.25) is 5.56 Å². The number of H-pyrrole nitrogens is 1. The molecule has 2 rings (SSSR count). The summed E-state index contributed by atoms with van der Waals surface area (Å²) < 4.78 is 37.0. The number of urea groups is 1. The lowest BCUT2D eigenvalue weighted by atomic mass is 10.3. The number of rotatable bonds is 3. The Balaban J connectivity index is 1.86. The molecule has 0 spiro atoms. The molecule has 8 heteroatoms. The van der Waals surface area contributed by atoms with E-state index in [0.29, 0.717) is 5.69 Å². The number of hydrogen-bond acceptors (Lipinski definition) is 2. The average Bonchev–Trinajstić information content (AvgIpc) is 3.08. The normalized spacial score (nSPS) is 21.4. The molecule has 2 amide bonds. The first-order valence-electron chi connectivity index (χ1n) is 6.04. The molecule has 0 saturated heterocycles. The van der Waals surface area contributed by atoms with E-state index in [4.69, 9.17) is 0 Å². The molecule has 1 aliphatic rings. The molecule has 1 aromatic rings. The Morgan fingerprint density at radius 3 is 2.75 bits per heavy atom. The van der Waals surface area contributed by atoms with E-state index in [0.717, 1.165) is 0 Å². The first-order chi connectivity index (χ1) is 9.27. The van der Waals surface area contributed by atoms with Crippen LogP contribution in [0, 0.1) is 5.92 Å². The Kier molecular flexibility index (Phi) is 3.74. The molecular formula is C12H14F3N3O2. The number of aromatic nitrogens is 1. The third kappa shape index (κ3) is 3.52. The maximum atomic E-state index is 12.3. The van der Waals surface area contributed by atoms with Gasteiger partial charge in [-0.05, 0) is 12.5 Å². The molecular weight excluding hydrogens is 275 g/mol. The fourth-order valence-corrected chi connectivity index (χ4v) is 1.90. The lowest BCUT2D eigenvalue weighted by Gasteiger charge is -2.18. The van der Waals surface area contributed by atoms with Crippen LogP contribution < -0.4 is 10.9 Å².